The Bertz CT molecular complexity index is 891. The topological polar surface area (TPSA) is 92.3 Å². The van der Waals surface area contributed by atoms with Crippen molar-refractivity contribution < 1.29 is 16.8 Å². The lowest BCUT2D eigenvalue weighted by molar-refractivity contribution is 0.571. The molecule has 2 aromatic carbocycles. The summed E-state index contributed by atoms with van der Waals surface area (Å²) >= 11 is 0. The molecule has 0 aliphatic heterocycles. The van der Waals surface area contributed by atoms with E-state index in [9.17, 15) is 16.8 Å². The van der Waals surface area contributed by atoms with Crippen LogP contribution in [0.1, 0.15) is 28.7 Å². The van der Waals surface area contributed by atoms with Gasteiger partial charge in [-0.05, 0) is 42.5 Å². The third-order valence-corrected chi connectivity index (χ3v) is 6.88. The molecule has 0 bridgehead atoms. The molecule has 0 aliphatic rings. The number of nitrogens with one attached hydrogen (secondary N) is 2. The monoisotopic (exact) mass is 410 g/mol. The minimum Gasteiger partial charge on any atom is -0.215 e. The highest BCUT2D eigenvalue weighted by Gasteiger charge is 2.14. The molecule has 0 fully saturated rings. The van der Waals surface area contributed by atoms with E-state index in [0.717, 1.165) is 22.3 Å². The van der Waals surface area contributed by atoms with Crippen LogP contribution in [0.3, 0.4) is 0 Å². The Kier molecular flexibility index (Phi) is 7.55. The summed E-state index contributed by atoms with van der Waals surface area (Å²) in [5.74, 6) is -0.169. The summed E-state index contributed by atoms with van der Waals surface area (Å²) in [7, 11) is -6.91. The molecule has 27 heavy (non-hydrogen) atoms. The van der Waals surface area contributed by atoms with Crippen molar-refractivity contribution in [2.75, 3.05) is 13.1 Å². The Hall–Kier alpha value is -1.74. The Morgan fingerprint density at radius 2 is 1.04 bits per heavy atom. The quantitative estimate of drug-likeness (QED) is 0.588. The first-order valence-corrected chi connectivity index (χ1v) is 12.0. The summed E-state index contributed by atoms with van der Waals surface area (Å²) < 4.78 is 53.6. The molecule has 2 aromatic rings. The van der Waals surface area contributed by atoms with Gasteiger partial charge in [-0.15, -0.1) is 0 Å². The van der Waals surface area contributed by atoms with Gasteiger partial charge in [0.2, 0.25) is 20.0 Å². The molecule has 0 aliphatic carbocycles. The van der Waals surface area contributed by atoms with E-state index >= 15 is 0 Å². The zero-order chi connectivity index (χ0) is 19.9. The maximum absolute atomic E-state index is 12.1. The minimum absolute atomic E-state index is 0.0846. The number of aryl methyl sites for hydroxylation is 2. The van der Waals surface area contributed by atoms with E-state index in [1.165, 1.54) is 0 Å². The van der Waals surface area contributed by atoms with Gasteiger partial charge >= 0.3 is 0 Å². The van der Waals surface area contributed by atoms with Crippen molar-refractivity contribution in [2.45, 2.75) is 31.8 Å². The van der Waals surface area contributed by atoms with Gasteiger partial charge < -0.3 is 0 Å². The SMILES string of the molecule is Cc1ccccc1CS(=O)(=O)NCCCNS(=O)(=O)Cc1ccccc1C. The first-order valence-electron chi connectivity index (χ1n) is 8.72. The van der Waals surface area contributed by atoms with Crippen LogP contribution < -0.4 is 9.44 Å². The van der Waals surface area contributed by atoms with Gasteiger partial charge in [0, 0.05) is 13.1 Å². The van der Waals surface area contributed by atoms with Crippen molar-refractivity contribution >= 4 is 20.0 Å². The molecule has 0 aromatic heterocycles. The smallest absolute Gasteiger partial charge is 0.215 e. The summed E-state index contributed by atoms with van der Waals surface area (Å²) in [6.45, 7) is 4.10. The van der Waals surface area contributed by atoms with Crippen molar-refractivity contribution in [1.82, 2.24) is 9.44 Å². The van der Waals surface area contributed by atoms with Gasteiger partial charge in [-0.25, -0.2) is 26.3 Å². The van der Waals surface area contributed by atoms with E-state index < -0.39 is 20.0 Å². The molecule has 0 saturated heterocycles. The third kappa shape index (κ3) is 7.42. The number of hydrogen-bond donors (Lipinski definition) is 2. The number of rotatable bonds is 10. The molecule has 8 heteroatoms. The molecule has 0 heterocycles. The van der Waals surface area contributed by atoms with Crippen LogP contribution in [0.2, 0.25) is 0 Å². The van der Waals surface area contributed by atoms with Crippen molar-refractivity contribution in [3.05, 3.63) is 70.8 Å². The fraction of sp³-hybridized carbons (Fsp3) is 0.368. The molecule has 0 atom stereocenters. The van der Waals surface area contributed by atoms with Crippen LogP contribution in [0.5, 0.6) is 0 Å². The molecule has 0 spiro atoms. The maximum atomic E-state index is 12.1. The van der Waals surface area contributed by atoms with Crippen LogP contribution in [0.4, 0.5) is 0 Å². The lowest BCUT2D eigenvalue weighted by atomic mass is 10.1. The molecular formula is C19H26N2O4S2. The van der Waals surface area contributed by atoms with Crippen molar-refractivity contribution in [2.24, 2.45) is 0 Å². The maximum Gasteiger partial charge on any atom is 0.215 e. The van der Waals surface area contributed by atoms with Crippen LogP contribution in [0.25, 0.3) is 0 Å². The molecule has 6 nitrogen and oxygen atoms in total. The van der Waals surface area contributed by atoms with Gasteiger partial charge in [0.15, 0.2) is 0 Å². The predicted molar refractivity (Wildman–Crippen MR) is 108 cm³/mol. The lowest BCUT2D eigenvalue weighted by Crippen LogP contribution is -2.31. The van der Waals surface area contributed by atoms with E-state index in [1.54, 1.807) is 24.3 Å². The van der Waals surface area contributed by atoms with Crippen LogP contribution in [-0.2, 0) is 31.6 Å². The molecule has 2 N–H and O–H groups in total. The first-order chi connectivity index (χ1) is 12.7. The predicted octanol–water partition coefficient (Wildman–Crippen LogP) is 2.23. The van der Waals surface area contributed by atoms with Crippen molar-refractivity contribution in [3.8, 4) is 0 Å². The van der Waals surface area contributed by atoms with Gasteiger partial charge in [0.05, 0.1) is 11.5 Å². The Balaban J connectivity index is 1.76. The first kappa shape index (κ1) is 21.6. The van der Waals surface area contributed by atoms with Gasteiger partial charge in [0.1, 0.15) is 0 Å². The number of sulfonamides is 2. The van der Waals surface area contributed by atoms with Gasteiger partial charge in [-0.2, -0.15) is 0 Å². The highest BCUT2D eigenvalue weighted by molar-refractivity contribution is 7.89. The van der Waals surface area contributed by atoms with E-state index in [4.69, 9.17) is 0 Å². The third-order valence-electron chi connectivity index (χ3n) is 4.21. The summed E-state index contributed by atoms with van der Waals surface area (Å²) in [5, 5.41) is 0. The molecule has 0 radical (unpaired) electrons. The Morgan fingerprint density at radius 1 is 0.667 bits per heavy atom. The van der Waals surface area contributed by atoms with E-state index in [1.807, 2.05) is 38.1 Å². The normalized spacial score (nSPS) is 12.2. The van der Waals surface area contributed by atoms with Crippen LogP contribution in [0, 0.1) is 13.8 Å². The van der Waals surface area contributed by atoms with Crippen LogP contribution in [0.15, 0.2) is 48.5 Å². The number of hydrogen-bond acceptors (Lipinski definition) is 4. The zero-order valence-corrected chi connectivity index (χ0v) is 17.2. The summed E-state index contributed by atoms with van der Waals surface area (Å²) in [6, 6.07) is 14.6. The van der Waals surface area contributed by atoms with Crippen LogP contribution >= 0.6 is 0 Å². The molecule has 2 rings (SSSR count). The minimum atomic E-state index is -3.45. The molecular weight excluding hydrogens is 384 g/mol. The van der Waals surface area contributed by atoms with E-state index in [2.05, 4.69) is 9.44 Å². The second-order valence-corrected chi connectivity index (χ2v) is 10.1. The van der Waals surface area contributed by atoms with Gasteiger partial charge in [0.25, 0.3) is 0 Å². The van der Waals surface area contributed by atoms with Crippen molar-refractivity contribution in [3.63, 3.8) is 0 Å². The molecule has 148 valence electrons. The lowest BCUT2D eigenvalue weighted by Gasteiger charge is -2.10. The number of benzene rings is 2. The van der Waals surface area contributed by atoms with Gasteiger partial charge in [-0.1, -0.05) is 48.5 Å². The summed E-state index contributed by atoms with van der Waals surface area (Å²) in [4.78, 5) is 0. The fourth-order valence-electron chi connectivity index (χ4n) is 2.60. The second kappa shape index (κ2) is 9.45. The van der Waals surface area contributed by atoms with E-state index in [0.29, 0.717) is 6.42 Å². The Morgan fingerprint density at radius 3 is 1.41 bits per heavy atom. The molecule has 0 saturated carbocycles. The molecule has 0 unspecified atom stereocenters. The Labute approximate surface area is 162 Å². The average molecular weight is 411 g/mol. The second-order valence-electron chi connectivity index (χ2n) is 6.51. The average Bonchev–Trinajstić information content (AvgIpc) is 2.58. The summed E-state index contributed by atoms with van der Waals surface area (Å²) in [6.07, 6.45) is 0.375. The van der Waals surface area contributed by atoms with E-state index in [-0.39, 0.29) is 24.6 Å². The van der Waals surface area contributed by atoms with Crippen molar-refractivity contribution in [1.29, 1.82) is 0 Å². The highest BCUT2D eigenvalue weighted by Crippen LogP contribution is 2.11. The highest BCUT2D eigenvalue weighted by atomic mass is 32.2. The molecule has 0 amide bonds. The largest absolute Gasteiger partial charge is 0.215 e. The fourth-order valence-corrected chi connectivity index (χ4v) is 5.18. The summed E-state index contributed by atoms with van der Waals surface area (Å²) in [5.41, 5.74) is 3.35. The standard InChI is InChI=1S/C19H26N2O4S2/c1-16-8-3-5-10-18(16)14-26(22,23)20-12-7-13-21-27(24,25)15-19-11-6-4-9-17(19)2/h3-6,8-11,20-21H,7,12-15H2,1-2H3. The zero-order valence-electron chi connectivity index (χ0n) is 15.6. The van der Waals surface area contributed by atoms with Gasteiger partial charge in [-0.3, -0.25) is 0 Å². The van der Waals surface area contributed by atoms with Crippen LogP contribution in [-0.4, -0.2) is 29.9 Å².